The summed E-state index contributed by atoms with van der Waals surface area (Å²) in [5.41, 5.74) is 5.41. The number of nitrogens with zero attached hydrogens (tertiary/aromatic N) is 3. The number of carbonyl (C=O) groups excluding carboxylic acids is 1. The van der Waals surface area contributed by atoms with Crippen molar-refractivity contribution >= 4 is 5.91 Å². The number of amides is 1. The van der Waals surface area contributed by atoms with E-state index in [0.717, 1.165) is 34.5 Å². The Morgan fingerprint density at radius 1 is 1.12 bits per heavy atom. The normalized spacial score (nSPS) is 20.4. The third kappa shape index (κ3) is 2.71. The topological polar surface area (TPSA) is 89.5 Å². The number of H-pyrrole nitrogens is 1. The molecule has 2 unspecified atom stereocenters. The van der Waals surface area contributed by atoms with E-state index in [-0.39, 0.29) is 23.3 Å². The van der Waals surface area contributed by atoms with E-state index in [1.54, 1.807) is 20.3 Å². The van der Waals surface area contributed by atoms with Crippen LogP contribution in [0.3, 0.4) is 0 Å². The van der Waals surface area contributed by atoms with E-state index in [4.69, 9.17) is 9.47 Å². The summed E-state index contributed by atoms with van der Waals surface area (Å²) in [4.78, 5) is 27.8. The minimum atomic E-state index is -0.0214. The summed E-state index contributed by atoms with van der Waals surface area (Å²) in [5.74, 6) is 1.76. The number of pyridine rings is 1. The molecule has 3 aliphatic rings. The molecule has 0 saturated carbocycles. The third-order valence-electron chi connectivity index (χ3n) is 7.08. The van der Waals surface area contributed by atoms with E-state index in [1.165, 1.54) is 0 Å². The van der Waals surface area contributed by atoms with Crippen LogP contribution in [0, 0.1) is 5.92 Å². The number of fused-ring (bicyclic) bond motifs is 7. The van der Waals surface area contributed by atoms with Gasteiger partial charge in [-0.1, -0.05) is 6.07 Å². The van der Waals surface area contributed by atoms with Gasteiger partial charge in [-0.3, -0.25) is 14.7 Å². The van der Waals surface area contributed by atoms with Crippen molar-refractivity contribution in [3.8, 4) is 22.8 Å². The van der Waals surface area contributed by atoms with Gasteiger partial charge in [0.25, 0.3) is 11.5 Å². The van der Waals surface area contributed by atoms with Gasteiger partial charge >= 0.3 is 0 Å². The number of ether oxygens (including phenoxy) is 2. The molecule has 3 aromatic rings. The maximum atomic E-state index is 13.6. The third-order valence-corrected chi connectivity index (χ3v) is 7.08. The molecule has 2 atom stereocenters. The Bertz CT molecular complexity index is 1310. The van der Waals surface area contributed by atoms with Crippen molar-refractivity contribution in [3.05, 3.63) is 63.2 Å². The molecular formula is C24H24N4O4. The number of piperidine rings is 1. The highest BCUT2D eigenvalue weighted by atomic mass is 16.5. The maximum Gasteiger partial charge on any atom is 0.272 e. The molecule has 164 valence electrons. The lowest BCUT2D eigenvalue weighted by atomic mass is 9.83. The van der Waals surface area contributed by atoms with Crippen LogP contribution < -0.4 is 15.0 Å². The molecule has 2 bridgehead atoms. The predicted octanol–water partition coefficient (Wildman–Crippen LogP) is 2.42. The second-order valence-corrected chi connectivity index (χ2v) is 8.88. The molecule has 2 aromatic heterocycles. The van der Waals surface area contributed by atoms with Crippen LogP contribution in [-0.2, 0) is 13.0 Å². The number of rotatable bonds is 3. The zero-order valence-corrected chi connectivity index (χ0v) is 18.1. The van der Waals surface area contributed by atoms with Gasteiger partial charge in [0.1, 0.15) is 5.69 Å². The fraction of sp³-hybridized carbons (Fsp3) is 0.375. The van der Waals surface area contributed by atoms with E-state index >= 15 is 0 Å². The molecule has 32 heavy (non-hydrogen) atoms. The Hall–Kier alpha value is -3.55. The lowest BCUT2D eigenvalue weighted by molar-refractivity contribution is 0.0588. The molecule has 4 heterocycles. The lowest BCUT2D eigenvalue weighted by Crippen LogP contribution is -2.49. The molecule has 2 aliphatic heterocycles. The first kappa shape index (κ1) is 19.2. The van der Waals surface area contributed by atoms with E-state index in [1.807, 2.05) is 33.7 Å². The second kappa shape index (κ2) is 6.98. The van der Waals surface area contributed by atoms with Gasteiger partial charge in [0.15, 0.2) is 11.5 Å². The summed E-state index contributed by atoms with van der Waals surface area (Å²) < 4.78 is 12.8. The highest BCUT2D eigenvalue weighted by Gasteiger charge is 2.38. The number of hydrogen-bond donors (Lipinski definition) is 1. The van der Waals surface area contributed by atoms with Crippen LogP contribution in [0.2, 0.25) is 0 Å². The molecule has 0 radical (unpaired) electrons. The molecule has 1 fully saturated rings. The molecule has 8 heteroatoms. The van der Waals surface area contributed by atoms with Gasteiger partial charge in [-0.05, 0) is 36.1 Å². The summed E-state index contributed by atoms with van der Waals surface area (Å²) in [6.45, 7) is 1.93. The van der Waals surface area contributed by atoms with Crippen molar-refractivity contribution in [2.45, 2.75) is 25.3 Å². The number of carbonyl (C=O) groups is 1. The van der Waals surface area contributed by atoms with Crippen molar-refractivity contribution in [1.82, 2.24) is 19.7 Å². The smallest absolute Gasteiger partial charge is 0.272 e. The van der Waals surface area contributed by atoms with Gasteiger partial charge < -0.3 is 18.9 Å². The van der Waals surface area contributed by atoms with Gasteiger partial charge in [-0.15, -0.1) is 0 Å². The summed E-state index contributed by atoms with van der Waals surface area (Å²) in [7, 11) is 3.23. The Balaban J connectivity index is 1.31. The van der Waals surface area contributed by atoms with Gasteiger partial charge in [-0.2, -0.15) is 5.10 Å². The molecule has 1 N–H and O–H groups in total. The van der Waals surface area contributed by atoms with Crippen LogP contribution in [0.25, 0.3) is 11.3 Å². The molecular weight excluding hydrogens is 408 g/mol. The number of benzene rings is 1. The first-order valence-corrected chi connectivity index (χ1v) is 10.9. The first-order valence-electron chi connectivity index (χ1n) is 10.9. The number of nitrogens with one attached hydrogen (secondary N) is 1. The molecule has 6 rings (SSSR count). The minimum absolute atomic E-state index is 0.0214. The SMILES string of the molecule is COc1cc2c(cc1OC)-c1n[nH]c(C(=O)N3CC4CC(C3)c3cccc(=O)n3C4)c1C2. The molecule has 0 spiro atoms. The van der Waals surface area contributed by atoms with E-state index in [0.29, 0.717) is 43.2 Å². The summed E-state index contributed by atoms with van der Waals surface area (Å²) in [5, 5.41) is 7.50. The van der Waals surface area contributed by atoms with Crippen LogP contribution in [0.4, 0.5) is 0 Å². The second-order valence-electron chi connectivity index (χ2n) is 8.88. The first-order chi connectivity index (χ1) is 15.6. The molecule has 1 aromatic carbocycles. The number of hydrogen-bond acceptors (Lipinski definition) is 5. The van der Waals surface area contributed by atoms with Gasteiger partial charge in [0.2, 0.25) is 0 Å². The fourth-order valence-corrected chi connectivity index (χ4v) is 5.64. The fourth-order valence-electron chi connectivity index (χ4n) is 5.64. The highest BCUT2D eigenvalue weighted by molar-refractivity contribution is 5.97. The van der Waals surface area contributed by atoms with Crippen molar-refractivity contribution in [1.29, 1.82) is 0 Å². The Morgan fingerprint density at radius 2 is 1.94 bits per heavy atom. The molecule has 1 amide bonds. The Kier molecular flexibility index (Phi) is 4.18. The summed E-state index contributed by atoms with van der Waals surface area (Å²) in [6.07, 6.45) is 1.64. The lowest BCUT2D eigenvalue weighted by Gasteiger charge is -2.42. The monoisotopic (exact) mass is 432 g/mol. The highest BCUT2D eigenvalue weighted by Crippen LogP contribution is 2.43. The average Bonchev–Trinajstić information content (AvgIpc) is 3.37. The molecule has 8 nitrogen and oxygen atoms in total. The van der Waals surface area contributed by atoms with Crippen molar-refractivity contribution in [2.75, 3.05) is 27.3 Å². The zero-order valence-electron chi connectivity index (χ0n) is 18.1. The van der Waals surface area contributed by atoms with Crippen molar-refractivity contribution < 1.29 is 14.3 Å². The van der Waals surface area contributed by atoms with Crippen LogP contribution in [0.5, 0.6) is 11.5 Å². The van der Waals surface area contributed by atoms with Gasteiger partial charge in [0, 0.05) is 54.9 Å². The standard InChI is InChI=1S/C24H24N4O4/c1-31-19-8-14-7-17-22(16(14)9-20(19)32-2)25-26-23(17)24(30)27-10-13-6-15(12-27)18-4-3-5-21(29)28(18)11-13/h3-5,8-9,13,15H,6-7,10-12H2,1-2H3,(H,25,26). The minimum Gasteiger partial charge on any atom is -0.493 e. The summed E-state index contributed by atoms with van der Waals surface area (Å²) >= 11 is 0. The quantitative estimate of drug-likeness (QED) is 0.537. The van der Waals surface area contributed by atoms with Crippen LogP contribution >= 0.6 is 0 Å². The largest absolute Gasteiger partial charge is 0.493 e. The Morgan fingerprint density at radius 3 is 2.75 bits per heavy atom. The number of aromatic nitrogens is 3. The number of likely N-dealkylation sites (tertiary alicyclic amines) is 1. The molecule has 1 saturated heterocycles. The number of aromatic amines is 1. The van der Waals surface area contributed by atoms with Crippen LogP contribution in [-0.4, -0.2) is 52.9 Å². The van der Waals surface area contributed by atoms with E-state index in [9.17, 15) is 9.59 Å². The number of methoxy groups -OCH3 is 2. The van der Waals surface area contributed by atoms with E-state index in [2.05, 4.69) is 10.2 Å². The summed E-state index contributed by atoms with van der Waals surface area (Å²) in [6, 6.07) is 9.33. The van der Waals surface area contributed by atoms with Crippen molar-refractivity contribution in [2.24, 2.45) is 5.92 Å². The van der Waals surface area contributed by atoms with Crippen LogP contribution in [0.15, 0.2) is 35.1 Å². The van der Waals surface area contributed by atoms with Crippen molar-refractivity contribution in [3.63, 3.8) is 0 Å². The molecule has 1 aliphatic carbocycles. The van der Waals surface area contributed by atoms with Gasteiger partial charge in [0.05, 0.1) is 19.9 Å². The Labute approximate surface area is 184 Å². The average molecular weight is 432 g/mol. The predicted molar refractivity (Wildman–Crippen MR) is 117 cm³/mol. The van der Waals surface area contributed by atoms with Crippen LogP contribution in [0.1, 0.15) is 39.6 Å². The van der Waals surface area contributed by atoms with Gasteiger partial charge in [-0.25, -0.2) is 0 Å². The zero-order chi connectivity index (χ0) is 22.0. The van der Waals surface area contributed by atoms with E-state index < -0.39 is 0 Å². The maximum absolute atomic E-state index is 13.6.